The maximum absolute atomic E-state index is 14.5. The van der Waals surface area contributed by atoms with Crippen molar-refractivity contribution in [2.45, 2.75) is 26.4 Å². The van der Waals surface area contributed by atoms with Crippen LogP contribution in [-0.2, 0) is 19.5 Å². The number of carbonyl (C=O) groups excluding carboxylic acids is 1. The predicted octanol–water partition coefficient (Wildman–Crippen LogP) is 3.83. The lowest BCUT2D eigenvalue weighted by Crippen LogP contribution is -2.26. The number of pyridine rings is 2. The number of amides is 1. The van der Waals surface area contributed by atoms with Crippen LogP contribution in [0.1, 0.15) is 39.8 Å². The van der Waals surface area contributed by atoms with E-state index in [2.05, 4.69) is 20.6 Å². The van der Waals surface area contributed by atoms with Gasteiger partial charge >= 0.3 is 0 Å². The van der Waals surface area contributed by atoms with Crippen LogP contribution in [0.5, 0.6) is 0 Å². The summed E-state index contributed by atoms with van der Waals surface area (Å²) >= 11 is 0. The molecule has 166 valence electrons. The lowest BCUT2D eigenvalue weighted by molar-refractivity contribution is 0.0951. The number of nitrogens with two attached hydrogens (primary N) is 1. The fourth-order valence-corrected chi connectivity index (χ4v) is 3.19. The molecule has 1 aromatic carbocycles. The van der Waals surface area contributed by atoms with Gasteiger partial charge in [0.25, 0.3) is 5.91 Å². The minimum atomic E-state index is -0.604. The van der Waals surface area contributed by atoms with Crippen LogP contribution in [0.3, 0.4) is 0 Å². The summed E-state index contributed by atoms with van der Waals surface area (Å²) in [7, 11) is 0. The highest BCUT2D eigenvalue weighted by Gasteiger charge is 2.17. The van der Waals surface area contributed by atoms with Crippen LogP contribution in [0.2, 0.25) is 0 Å². The molecule has 0 saturated carbocycles. The molecule has 0 aliphatic rings. The molecule has 2 aromatic heterocycles. The summed E-state index contributed by atoms with van der Waals surface area (Å²) in [6.45, 7) is 2.58. The highest BCUT2D eigenvalue weighted by atomic mass is 19.1. The van der Waals surface area contributed by atoms with Crippen LogP contribution in [0.4, 0.5) is 14.6 Å². The highest BCUT2D eigenvalue weighted by molar-refractivity contribution is 5.99. The van der Waals surface area contributed by atoms with Gasteiger partial charge in [0, 0.05) is 25.8 Å². The van der Waals surface area contributed by atoms with E-state index >= 15 is 0 Å². The molecule has 0 atom stereocenters. The van der Waals surface area contributed by atoms with Gasteiger partial charge in [-0.1, -0.05) is 24.3 Å². The van der Waals surface area contributed by atoms with E-state index in [-0.39, 0.29) is 36.0 Å². The quantitative estimate of drug-likeness (QED) is 0.473. The Hall–Kier alpha value is -3.65. The fraction of sp³-hybridized carbons (Fsp3) is 0.208. The summed E-state index contributed by atoms with van der Waals surface area (Å²) in [6, 6.07) is 11.0. The number of nitrogens with one attached hydrogen (secondary N) is 2. The third-order valence-electron chi connectivity index (χ3n) is 4.78. The van der Waals surface area contributed by atoms with Crippen LogP contribution in [-0.4, -0.2) is 22.4 Å². The lowest BCUT2D eigenvalue weighted by atomic mass is 10.1. The maximum atomic E-state index is 14.5. The van der Waals surface area contributed by atoms with Gasteiger partial charge in [0.1, 0.15) is 23.1 Å². The summed E-state index contributed by atoms with van der Waals surface area (Å²) in [5.74, 6) is -1.15. The number of aromatic nitrogens is 2. The van der Waals surface area contributed by atoms with E-state index in [1.54, 1.807) is 31.3 Å². The predicted molar refractivity (Wildman–Crippen MR) is 121 cm³/mol. The number of hydrogen-bond acceptors (Lipinski definition) is 5. The number of nitrogens with zero attached hydrogens (tertiary/aromatic N) is 2. The minimum absolute atomic E-state index is 0.0770. The van der Waals surface area contributed by atoms with E-state index in [0.29, 0.717) is 18.7 Å². The number of halogens is 2. The first-order valence-electron chi connectivity index (χ1n) is 10.2. The Balaban J connectivity index is 1.78. The first-order chi connectivity index (χ1) is 15.5. The summed E-state index contributed by atoms with van der Waals surface area (Å²) in [4.78, 5) is 21.3. The Morgan fingerprint density at radius 2 is 2.03 bits per heavy atom. The number of hydrogen-bond donors (Lipinski definition) is 3. The van der Waals surface area contributed by atoms with E-state index in [9.17, 15) is 13.6 Å². The normalized spacial score (nSPS) is 11.0. The largest absolute Gasteiger partial charge is 0.369 e. The molecule has 3 rings (SSSR count). The van der Waals surface area contributed by atoms with Crippen molar-refractivity contribution in [1.29, 1.82) is 0 Å². The van der Waals surface area contributed by atoms with Crippen LogP contribution < -0.4 is 16.4 Å². The second kappa shape index (κ2) is 11.1. The van der Waals surface area contributed by atoms with Crippen molar-refractivity contribution < 1.29 is 13.6 Å². The van der Waals surface area contributed by atoms with Gasteiger partial charge in [0.15, 0.2) is 0 Å². The van der Waals surface area contributed by atoms with Crippen LogP contribution in [0.25, 0.3) is 6.08 Å². The topological polar surface area (TPSA) is 92.9 Å². The van der Waals surface area contributed by atoms with E-state index < -0.39 is 11.7 Å². The Morgan fingerprint density at radius 3 is 2.78 bits per heavy atom. The van der Waals surface area contributed by atoms with Gasteiger partial charge in [-0.25, -0.2) is 13.8 Å². The number of carbonyl (C=O) groups is 1. The average molecular weight is 437 g/mol. The van der Waals surface area contributed by atoms with Gasteiger partial charge in [0.05, 0.1) is 11.3 Å². The zero-order valence-corrected chi connectivity index (χ0v) is 17.7. The van der Waals surface area contributed by atoms with Gasteiger partial charge < -0.3 is 16.4 Å². The molecule has 0 spiro atoms. The fourth-order valence-electron chi connectivity index (χ4n) is 3.19. The molecule has 0 radical (unpaired) electrons. The molecule has 2 heterocycles. The number of anilines is 1. The summed E-state index contributed by atoms with van der Waals surface area (Å²) in [5.41, 5.74) is 8.14. The Bertz CT molecular complexity index is 1120. The summed E-state index contributed by atoms with van der Waals surface area (Å²) in [6.07, 6.45) is 5.33. The van der Waals surface area contributed by atoms with Crippen LogP contribution in [0, 0.1) is 11.6 Å². The summed E-state index contributed by atoms with van der Waals surface area (Å²) in [5, 5.41) is 5.86. The van der Waals surface area contributed by atoms with Gasteiger partial charge in [0.2, 0.25) is 0 Å². The van der Waals surface area contributed by atoms with Gasteiger partial charge in [-0.2, -0.15) is 0 Å². The molecule has 8 heteroatoms. The van der Waals surface area contributed by atoms with Gasteiger partial charge in [-0.15, -0.1) is 0 Å². The number of allylic oxidation sites excluding steroid dienone is 1. The maximum Gasteiger partial charge on any atom is 0.255 e. The molecule has 6 nitrogen and oxygen atoms in total. The van der Waals surface area contributed by atoms with Crippen molar-refractivity contribution in [2.24, 2.45) is 5.73 Å². The molecule has 32 heavy (non-hydrogen) atoms. The second-order valence-electron chi connectivity index (χ2n) is 7.05. The molecule has 1 amide bonds. The molecule has 0 saturated heterocycles. The third kappa shape index (κ3) is 5.95. The molecule has 4 N–H and O–H groups in total. The highest BCUT2D eigenvalue weighted by Crippen LogP contribution is 2.19. The van der Waals surface area contributed by atoms with E-state index in [1.807, 2.05) is 12.1 Å². The monoisotopic (exact) mass is 437 g/mol. The van der Waals surface area contributed by atoms with Crippen molar-refractivity contribution in [3.05, 3.63) is 94.5 Å². The van der Waals surface area contributed by atoms with Gasteiger partial charge in [-0.3, -0.25) is 9.78 Å². The second-order valence-corrected chi connectivity index (χ2v) is 7.05. The van der Waals surface area contributed by atoms with E-state index in [1.165, 1.54) is 18.2 Å². The van der Waals surface area contributed by atoms with Crippen molar-refractivity contribution in [3.63, 3.8) is 0 Å². The zero-order chi connectivity index (χ0) is 22.9. The molecule has 0 unspecified atom stereocenters. The van der Waals surface area contributed by atoms with Crippen LogP contribution in [0.15, 0.2) is 54.7 Å². The van der Waals surface area contributed by atoms with Crippen molar-refractivity contribution in [3.8, 4) is 0 Å². The lowest BCUT2D eigenvalue weighted by Gasteiger charge is -2.14. The Labute approximate surface area is 185 Å². The molecular weight excluding hydrogens is 412 g/mol. The molecule has 0 fully saturated rings. The number of benzene rings is 1. The third-order valence-corrected chi connectivity index (χ3v) is 4.78. The Morgan fingerprint density at radius 1 is 1.19 bits per heavy atom. The molecule has 3 aromatic rings. The van der Waals surface area contributed by atoms with Gasteiger partial charge in [-0.05, 0) is 54.8 Å². The molecule has 0 aliphatic carbocycles. The van der Waals surface area contributed by atoms with Crippen molar-refractivity contribution >= 4 is 17.8 Å². The first kappa shape index (κ1) is 23.0. The minimum Gasteiger partial charge on any atom is -0.369 e. The first-order valence-corrected chi connectivity index (χ1v) is 10.2. The Kier molecular flexibility index (Phi) is 7.99. The molecule has 0 bridgehead atoms. The van der Waals surface area contributed by atoms with E-state index in [0.717, 1.165) is 17.2 Å². The number of rotatable bonds is 9. The van der Waals surface area contributed by atoms with Crippen LogP contribution >= 0.6 is 0 Å². The van der Waals surface area contributed by atoms with Crippen molar-refractivity contribution in [2.75, 3.05) is 11.9 Å². The SMILES string of the molecule is C/C=C/c1nc(NCCc2cccc(F)c2)c(C(=O)NCc2cccnc2CN)cc1F. The smallest absolute Gasteiger partial charge is 0.255 e. The standard InChI is InChI=1S/C24H25F2N5O/c1-2-5-21-20(26)13-19(24(32)30-15-17-7-4-10-28-22(17)14-27)23(31-21)29-11-9-16-6-3-8-18(25)12-16/h2-8,10,12-13H,9,11,14-15,27H2,1H3,(H,29,31)(H,30,32)/b5-2+. The molecular formula is C24H25F2N5O. The summed E-state index contributed by atoms with van der Waals surface area (Å²) < 4.78 is 27.9. The zero-order valence-electron chi connectivity index (χ0n) is 17.7. The molecule has 0 aliphatic heterocycles. The average Bonchev–Trinajstić information content (AvgIpc) is 2.79. The van der Waals surface area contributed by atoms with E-state index in [4.69, 9.17) is 5.73 Å². The van der Waals surface area contributed by atoms with Crippen molar-refractivity contribution in [1.82, 2.24) is 15.3 Å².